The van der Waals surface area contributed by atoms with Crippen LogP contribution in [0.3, 0.4) is 0 Å². The van der Waals surface area contributed by atoms with E-state index in [0.29, 0.717) is 11.7 Å². The summed E-state index contributed by atoms with van der Waals surface area (Å²) in [5.74, 6) is 0.923. The molecular weight excluding hydrogens is 534 g/mol. The molecular formula is C42H33NO. The molecule has 2 aliphatic rings. The monoisotopic (exact) mass is 567 g/mol. The quantitative estimate of drug-likeness (QED) is 0.203. The Morgan fingerprint density at radius 3 is 2.00 bits per heavy atom. The summed E-state index contributed by atoms with van der Waals surface area (Å²) in [7, 11) is 0. The summed E-state index contributed by atoms with van der Waals surface area (Å²) >= 11 is 0. The highest BCUT2D eigenvalue weighted by Gasteiger charge is 2.28. The molecule has 2 N–H and O–H groups in total. The van der Waals surface area contributed by atoms with Gasteiger partial charge < -0.3 is 10.4 Å². The van der Waals surface area contributed by atoms with Gasteiger partial charge in [0.2, 0.25) is 0 Å². The molecule has 6 aromatic rings. The van der Waals surface area contributed by atoms with E-state index in [9.17, 15) is 5.11 Å². The first-order chi connectivity index (χ1) is 21.7. The molecule has 44 heavy (non-hydrogen) atoms. The van der Waals surface area contributed by atoms with E-state index in [1.54, 1.807) is 6.07 Å². The van der Waals surface area contributed by atoms with Gasteiger partial charge in [-0.15, -0.1) is 0 Å². The van der Waals surface area contributed by atoms with Crippen molar-refractivity contribution in [2.75, 3.05) is 5.32 Å². The van der Waals surface area contributed by atoms with Crippen molar-refractivity contribution in [3.05, 3.63) is 163 Å². The maximum atomic E-state index is 10.6. The third-order valence-corrected chi connectivity index (χ3v) is 9.27. The Bertz CT molecular complexity index is 2130. The lowest BCUT2D eigenvalue weighted by molar-refractivity contribution is 0.449. The van der Waals surface area contributed by atoms with Crippen molar-refractivity contribution in [2.45, 2.75) is 12.5 Å². The van der Waals surface area contributed by atoms with Gasteiger partial charge in [-0.2, -0.15) is 0 Å². The van der Waals surface area contributed by atoms with E-state index >= 15 is 0 Å². The molecule has 2 heteroatoms. The number of anilines is 1. The molecule has 0 aromatic heterocycles. The molecule has 3 unspecified atom stereocenters. The second-order valence-electron chi connectivity index (χ2n) is 11.9. The number of phenolic OH excluding ortho intramolecular Hbond substituents is 1. The smallest absolute Gasteiger partial charge is 0.123 e. The van der Waals surface area contributed by atoms with Crippen LogP contribution in [0.25, 0.3) is 49.0 Å². The third kappa shape index (κ3) is 4.69. The van der Waals surface area contributed by atoms with Crippen LogP contribution in [-0.4, -0.2) is 11.1 Å². The number of rotatable bonds is 5. The maximum Gasteiger partial charge on any atom is 0.123 e. The van der Waals surface area contributed by atoms with Crippen LogP contribution in [0.1, 0.15) is 12.0 Å². The Morgan fingerprint density at radius 1 is 0.591 bits per heavy atom. The number of allylic oxidation sites excluding steroid dienone is 6. The molecule has 3 atom stereocenters. The number of hydrogen-bond acceptors (Lipinski definition) is 2. The average Bonchev–Trinajstić information content (AvgIpc) is 3.09. The molecule has 0 spiro atoms. The maximum absolute atomic E-state index is 10.6. The molecule has 0 amide bonds. The van der Waals surface area contributed by atoms with Crippen molar-refractivity contribution in [1.29, 1.82) is 0 Å². The van der Waals surface area contributed by atoms with Crippen LogP contribution in [-0.2, 0) is 0 Å². The topological polar surface area (TPSA) is 32.3 Å². The highest BCUT2D eigenvalue weighted by molar-refractivity contribution is 6.25. The number of para-hydroxylation sites is 1. The third-order valence-electron chi connectivity index (χ3n) is 9.27. The van der Waals surface area contributed by atoms with E-state index < -0.39 is 0 Å². The van der Waals surface area contributed by atoms with Gasteiger partial charge in [0, 0.05) is 17.2 Å². The first-order valence-corrected chi connectivity index (χ1v) is 15.4. The number of nitrogens with one attached hydrogen (secondary N) is 1. The van der Waals surface area contributed by atoms with Crippen molar-refractivity contribution in [1.82, 2.24) is 0 Å². The Hall–Kier alpha value is -5.34. The molecule has 8 rings (SSSR count). The largest absolute Gasteiger partial charge is 0.507 e. The van der Waals surface area contributed by atoms with Crippen molar-refractivity contribution in [3.63, 3.8) is 0 Å². The minimum absolute atomic E-state index is 0.118. The van der Waals surface area contributed by atoms with Crippen molar-refractivity contribution in [2.24, 2.45) is 11.8 Å². The van der Waals surface area contributed by atoms with Gasteiger partial charge in [-0.05, 0) is 85.6 Å². The zero-order chi connectivity index (χ0) is 29.5. The standard InChI is InChI=1S/C42H33NO/c44-42-20-9-8-15-33(42)31-22-24-41(39(27-31)28-11-2-1-3-12-28)43-32-14-10-13-29(25-32)30-21-23-38-36-18-5-4-16-34(36)35-17-6-7-19-37(35)40(38)26-30/h1-11,13-28,39,41,43-44H,12H2. The van der Waals surface area contributed by atoms with E-state index in [1.807, 2.05) is 18.2 Å². The number of fused-ring (bicyclic) bond motifs is 6. The molecule has 6 aromatic carbocycles. The molecule has 0 radical (unpaired) electrons. The second kappa shape index (κ2) is 11.1. The summed E-state index contributed by atoms with van der Waals surface area (Å²) < 4.78 is 0. The fraction of sp³-hybridized carbons (Fsp3) is 0.0952. The van der Waals surface area contributed by atoms with Gasteiger partial charge in [0.1, 0.15) is 5.75 Å². The van der Waals surface area contributed by atoms with E-state index in [4.69, 9.17) is 0 Å². The van der Waals surface area contributed by atoms with Crippen LogP contribution in [0.4, 0.5) is 5.69 Å². The molecule has 0 heterocycles. The summed E-state index contributed by atoms with van der Waals surface area (Å²) in [5.41, 5.74) is 5.44. The highest BCUT2D eigenvalue weighted by Crippen LogP contribution is 2.39. The summed E-state index contributed by atoms with van der Waals surface area (Å²) in [6.07, 6.45) is 16.6. The van der Waals surface area contributed by atoms with E-state index in [0.717, 1.165) is 23.2 Å². The zero-order valence-corrected chi connectivity index (χ0v) is 24.4. The van der Waals surface area contributed by atoms with Gasteiger partial charge in [-0.25, -0.2) is 0 Å². The predicted octanol–water partition coefficient (Wildman–Crippen LogP) is 10.7. The minimum Gasteiger partial charge on any atom is -0.507 e. The number of phenols is 1. The Labute approximate surface area is 258 Å². The first-order valence-electron chi connectivity index (χ1n) is 15.4. The second-order valence-corrected chi connectivity index (χ2v) is 11.9. The molecule has 0 saturated carbocycles. The van der Waals surface area contributed by atoms with E-state index in [2.05, 4.69) is 139 Å². The Balaban J connectivity index is 1.15. The molecule has 0 aliphatic heterocycles. The van der Waals surface area contributed by atoms with Gasteiger partial charge in [0.25, 0.3) is 0 Å². The van der Waals surface area contributed by atoms with Crippen LogP contribution in [0, 0.1) is 11.8 Å². The number of aromatic hydroxyl groups is 1. The Morgan fingerprint density at radius 2 is 1.27 bits per heavy atom. The minimum atomic E-state index is 0.118. The van der Waals surface area contributed by atoms with Crippen LogP contribution in [0.2, 0.25) is 0 Å². The fourth-order valence-electron chi connectivity index (χ4n) is 7.09. The predicted molar refractivity (Wildman–Crippen MR) is 187 cm³/mol. The molecule has 2 aliphatic carbocycles. The van der Waals surface area contributed by atoms with Crippen molar-refractivity contribution >= 4 is 43.6 Å². The first kappa shape index (κ1) is 26.3. The number of hydrogen-bond donors (Lipinski definition) is 2. The van der Waals surface area contributed by atoms with Gasteiger partial charge in [0.15, 0.2) is 0 Å². The van der Waals surface area contributed by atoms with E-state index in [1.165, 1.54) is 43.4 Å². The van der Waals surface area contributed by atoms with Crippen LogP contribution in [0.5, 0.6) is 5.75 Å². The Kier molecular flexibility index (Phi) is 6.61. The molecule has 2 nitrogen and oxygen atoms in total. The lowest BCUT2D eigenvalue weighted by Gasteiger charge is -2.33. The number of benzene rings is 6. The van der Waals surface area contributed by atoms with Crippen molar-refractivity contribution in [3.8, 4) is 16.9 Å². The average molecular weight is 568 g/mol. The lowest BCUT2D eigenvalue weighted by atomic mass is 9.77. The summed E-state index contributed by atoms with van der Waals surface area (Å²) in [6.45, 7) is 0. The zero-order valence-electron chi connectivity index (χ0n) is 24.4. The summed E-state index contributed by atoms with van der Waals surface area (Å²) in [6, 6.07) is 40.9. The molecule has 0 bridgehead atoms. The molecule has 0 saturated heterocycles. The fourth-order valence-corrected chi connectivity index (χ4v) is 7.09. The van der Waals surface area contributed by atoms with Crippen molar-refractivity contribution < 1.29 is 5.11 Å². The molecule has 212 valence electrons. The molecule has 0 fully saturated rings. The summed E-state index contributed by atoms with van der Waals surface area (Å²) in [5, 5.41) is 22.2. The summed E-state index contributed by atoms with van der Waals surface area (Å²) in [4.78, 5) is 0. The normalized spacial score (nSPS) is 19.5. The van der Waals surface area contributed by atoms with Crippen LogP contribution >= 0.6 is 0 Å². The lowest BCUT2D eigenvalue weighted by Crippen LogP contribution is -2.33. The van der Waals surface area contributed by atoms with E-state index in [-0.39, 0.29) is 12.0 Å². The van der Waals surface area contributed by atoms with Gasteiger partial charge in [-0.3, -0.25) is 0 Å². The van der Waals surface area contributed by atoms with Gasteiger partial charge >= 0.3 is 0 Å². The van der Waals surface area contributed by atoms with Gasteiger partial charge in [-0.1, -0.05) is 134 Å². The highest BCUT2D eigenvalue weighted by atomic mass is 16.3. The SMILES string of the molecule is Oc1ccccc1C1=CC(C2C=CC=CC2)C(Nc2cccc(-c3ccc4c5ccccc5c5ccccc5c4c3)c2)C=C1. The van der Waals surface area contributed by atoms with Crippen LogP contribution in [0.15, 0.2) is 158 Å². The van der Waals surface area contributed by atoms with Crippen LogP contribution < -0.4 is 5.32 Å². The van der Waals surface area contributed by atoms with Gasteiger partial charge in [0.05, 0.1) is 6.04 Å².